The van der Waals surface area contributed by atoms with E-state index >= 15 is 0 Å². The molecule has 1 heterocycles. The number of hydrogen-bond donors (Lipinski definition) is 5. The number of carbonyl (C=O) groups excluding carboxylic acids is 2. The van der Waals surface area contributed by atoms with E-state index in [0.717, 1.165) is 6.07 Å². The monoisotopic (exact) mass is 462 g/mol. The molecule has 2 aromatic carbocycles. The van der Waals surface area contributed by atoms with E-state index in [2.05, 4.69) is 21.3 Å². The Morgan fingerprint density at radius 1 is 1.09 bits per heavy atom. The summed E-state index contributed by atoms with van der Waals surface area (Å²) >= 11 is 0. The largest absolute Gasteiger partial charge is 0.504 e. The highest BCUT2D eigenvalue weighted by molar-refractivity contribution is 6.00. The Hall–Kier alpha value is -4.15. The van der Waals surface area contributed by atoms with Crippen LogP contribution in [-0.2, 0) is 11.0 Å². The summed E-state index contributed by atoms with van der Waals surface area (Å²) in [6, 6.07) is 6.07. The van der Waals surface area contributed by atoms with E-state index in [4.69, 9.17) is 4.74 Å². The van der Waals surface area contributed by atoms with Crippen molar-refractivity contribution >= 4 is 23.3 Å². The summed E-state index contributed by atoms with van der Waals surface area (Å²) < 4.78 is 44.7. The van der Waals surface area contributed by atoms with E-state index in [1.165, 1.54) is 56.6 Å². The Kier molecular flexibility index (Phi) is 6.80. The molecule has 33 heavy (non-hydrogen) atoms. The molecule has 0 aromatic heterocycles. The van der Waals surface area contributed by atoms with Crippen molar-refractivity contribution < 1.29 is 32.6 Å². The number of aromatic hydroxyl groups is 1. The number of alkyl halides is 3. The van der Waals surface area contributed by atoms with Crippen LogP contribution >= 0.6 is 0 Å². The number of phenolic OH excluding ortho intramolecular Hbond substituents is 1. The predicted molar refractivity (Wildman–Crippen MR) is 116 cm³/mol. The number of ether oxygens (including phenoxy) is 1. The molecular weight excluding hydrogens is 441 g/mol. The number of dihydropyridines is 1. The van der Waals surface area contributed by atoms with Crippen LogP contribution in [0.2, 0.25) is 0 Å². The van der Waals surface area contributed by atoms with Crippen LogP contribution in [0.3, 0.4) is 0 Å². The second-order valence-electron chi connectivity index (χ2n) is 7.05. The van der Waals surface area contributed by atoms with Crippen LogP contribution in [-0.4, -0.2) is 30.1 Å². The van der Waals surface area contributed by atoms with Crippen molar-refractivity contribution in [1.29, 1.82) is 0 Å². The standard InChI is InChI=1S/C22H21F3N4O4/c1-12-3-4-13(9-16(12)22(23,24)25)28-21(32)29-14-5-6-19(18(30)10-14)33-15-7-8-27-17(11-15)20(31)26-2/h3-11,17,27,30H,1-2H3,(H,26,31)(H2,28,29,32). The first-order valence-electron chi connectivity index (χ1n) is 9.69. The smallest absolute Gasteiger partial charge is 0.416 e. The topological polar surface area (TPSA) is 112 Å². The van der Waals surface area contributed by atoms with Gasteiger partial charge in [-0.2, -0.15) is 13.2 Å². The molecule has 11 heteroatoms. The first-order chi connectivity index (χ1) is 15.6. The fourth-order valence-corrected chi connectivity index (χ4v) is 2.98. The fourth-order valence-electron chi connectivity index (χ4n) is 2.98. The van der Waals surface area contributed by atoms with Crippen LogP contribution in [0.5, 0.6) is 11.5 Å². The van der Waals surface area contributed by atoms with E-state index in [0.29, 0.717) is 5.76 Å². The first kappa shape index (κ1) is 23.5. The minimum atomic E-state index is -4.54. The number of likely N-dealkylation sites (N-methyl/N-ethyl adjacent to an activating group) is 1. The molecule has 2 aromatic rings. The average molecular weight is 462 g/mol. The second-order valence-corrected chi connectivity index (χ2v) is 7.05. The maximum atomic E-state index is 13.0. The molecule has 5 N–H and O–H groups in total. The number of phenols is 1. The molecular formula is C22H21F3N4O4. The molecule has 1 atom stereocenters. The lowest BCUT2D eigenvalue weighted by Gasteiger charge is -2.18. The molecule has 0 bridgehead atoms. The lowest BCUT2D eigenvalue weighted by Crippen LogP contribution is -2.40. The van der Waals surface area contributed by atoms with E-state index in [1.54, 1.807) is 6.08 Å². The second kappa shape index (κ2) is 9.55. The van der Waals surface area contributed by atoms with E-state index < -0.39 is 23.8 Å². The van der Waals surface area contributed by atoms with Crippen LogP contribution in [0.1, 0.15) is 11.1 Å². The van der Waals surface area contributed by atoms with Gasteiger partial charge in [0.25, 0.3) is 0 Å². The highest BCUT2D eigenvalue weighted by atomic mass is 19.4. The van der Waals surface area contributed by atoms with Gasteiger partial charge in [0.1, 0.15) is 11.8 Å². The lowest BCUT2D eigenvalue weighted by molar-refractivity contribution is -0.138. The summed E-state index contributed by atoms with van der Waals surface area (Å²) in [5, 5.41) is 20.3. The molecule has 0 fully saturated rings. The summed E-state index contributed by atoms with van der Waals surface area (Å²) in [6.45, 7) is 1.33. The molecule has 0 aliphatic carbocycles. The maximum absolute atomic E-state index is 13.0. The molecule has 1 aliphatic heterocycles. The van der Waals surface area contributed by atoms with E-state index in [-0.39, 0.29) is 34.3 Å². The predicted octanol–water partition coefficient (Wildman–Crippen LogP) is 3.86. The molecule has 3 rings (SSSR count). The van der Waals surface area contributed by atoms with E-state index in [9.17, 15) is 27.9 Å². The van der Waals surface area contributed by atoms with Gasteiger partial charge in [-0.25, -0.2) is 4.79 Å². The zero-order valence-electron chi connectivity index (χ0n) is 17.6. The Morgan fingerprint density at radius 3 is 2.39 bits per heavy atom. The number of anilines is 2. The quantitative estimate of drug-likeness (QED) is 0.463. The molecule has 0 radical (unpaired) electrons. The third-order valence-corrected chi connectivity index (χ3v) is 4.63. The summed E-state index contributed by atoms with van der Waals surface area (Å²) in [7, 11) is 1.50. The third kappa shape index (κ3) is 5.97. The Labute approximate surface area is 187 Å². The van der Waals surface area contributed by atoms with Gasteiger partial charge >= 0.3 is 12.2 Å². The molecule has 1 unspecified atom stereocenters. The Bertz CT molecular complexity index is 1130. The van der Waals surface area contributed by atoms with Crippen molar-refractivity contribution in [1.82, 2.24) is 10.6 Å². The Balaban J connectivity index is 1.66. The molecule has 3 amide bonds. The summed E-state index contributed by atoms with van der Waals surface area (Å²) in [5.74, 6) is -0.184. The molecule has 0 saturated heterocycles. The van der Waals surface area contributed by atoms with Crippen molar-refractivity contribution in [2.45, 2.75) is 19.1 Å². The lowest BCUT2D eigenvalue weighted by atomic mass is 10.1. The van der Waals surface area contributed by atoms with Crippen LogP contribution in [0.15, 0.2) is 60.5 Å². The van der Waals surface area contributed by atoms with Gasteiger partial charge < -0.3 is 31.1 Å². The highest BCUT2D eigenvalue weighted by Crippen LogP contribution is 2.34. The number of nitrogens with one attached hydrogen (secondary N) is 4. The first-order valence-corrected chi connectivity index (χ1v) is 9.69. The summed E-state index contributed by atoms with van der Waals surface area (Å²) in [4.78, 5) is 23.9. The average Bonchev–Trinajstić information content (AvgIpc) is 2.76. The highest BCUT2D eigenvalue weighted by Gasteiger charge is 2.32. The number of urea groups is 1. The zero-order chi connectivity index (χ0) is 24.2. The number of rotatable bonds is 5. The maximum Gasteiger partial charge on any atom is 0.416 e. The minimum absolute atomic E-state index is 0.0364. The van der Waals surface area contributed by atoms with Gasteiger partial charge in [0.05, 0.1) is 5.56 Å². The number of aryl methyl sites for hydroxylation is 1. The van der Waals surface area contributed by atoms with Crippen molar-refractivity contribution in [2.75, 3.05) is 17.7 Å². The number of benzene rings is 2. The SMILES string of the molecule is CNC(=O)C1C=C(Oc2ccc(NC(=O)Nc3ccc(C)c(C(F)(F)F)c3)cc2O)C=CN1. The van der Waals surface area contributed by atoms with Gasteiger partial charge in [0.15, 0.2) is 11.5 Å². The van der Waals surface area contributed by atoms with Crippen LogP contribution in [0, 0.1) is 6.92 Å². The van der Waals surface area contributed by atoms with Gasteiger partial charge in [-0.05, 0) is 48.9 Å². The number of carbonyl (C=O) groups is 2. The number of hydrogen-bond acceptors (Lipinski definition) is 5. The third-order valence-electron chi connectivity index (χ3n) is 4.63. The molecule has 8 nitrogen and oxygen atoms in total. The van der Waals surface area contributed by atoms with Crippen molar-refractivity contribution in [2.24, 2.45) is 0 Å². The molecule has 0 saturated carbocycles. The Morgan fingerprint density at radius 2 is 1.76 bits per heavy atom. The van der Waals surface area contributed by atoms with Crippen LogP contribution in [0.25, 0.3) is 0 Å². The van der Waals surface area contributed by atoms with Crippen molar-refractivity contribution in [3.05, 3.63) is 71.6 Å². The van der Waals surface area contributed by atoms with Crippen LogP contribution in [0.4, 0.5) is 29.3 Å². The van der Waals surface area contributed by atoms with Gasteiger partial charge in [-0.3, -0.25) is 4.79 Å². The number of amides is 3. The fraction of sp³-hybridized carbons (Fsp3) is 0.182. The van der Waals surface area contributed by atoms with Gasteiger partial charge in [-0.15, -0.1) is 0 Å². The van der Waals surface area contributed by atoms with Crippen LogP contribution < -0.4 is 26.0 Å². The summed E-state index contributed by atoms with van der Waals surface area (Å²) in [5.41, 5.74) is -0.669. The number of allylic oxidation sites excluding steroid dienone is 1. The van der Waals surface area contributed by atoms with E-state index in [1.807, 2.05) is 0 Å². The molecule has 0 spiro atoms. The number of halogens is 3. The van der Waals surface area contributed by atoms with Crippen molar-refractivity contribution in [3.8, 4) is 11.5 Å². The normalized spacial score (nSPS) is 15.2. The molecule has 1 aliphatic rings. The summed E-state index contributed by atoms with van der Waals surface area (Å²) in [6.07, 6.45) is 0.0744. The van der Waals surface area contributed by atoms with Gasteiger partial charge in [0, 0.05) is 30.7 Å². The van der Waals surface area contributed by atoms with Crippen molar-refractivity contribution in [3.63, 3.8) is 0 Å². The minimum Gasteiger partial charge on any atom is -0.504 e. The molecule has 174 valence electrons. The van der Waals surface area contributed by atoms with Gasteiger partial charge in [0.2, 0.25) is 5.91 Å². The zero-order valence-corrected chi connectivity index (χ0v) is 17.6. The van der Waals surface area contributed by atoms with Gasteiger partial charge in [-0.1, -0.05) is 6.07 Å².